The number of aromatic nitrogens is 3. The van der Waals surface area contributed by atoms with Gasteiger partial charge in [0.25, 0.3) is 5.91 Å². The number of aryl methyl sites for hydroxylation is 1. The summed E-state index contributed by atoms with van der Waals surface area (Å²) in [6.07, 6.45) is 6.61. The summed E-state index contributed by atoms with van der Waals surface area (Å²) < 4.78 is 5.80. The Labute approximate surface area is 126 Å². The van der Waals surface area contributed by atoms with Crippen LogP contribution in [0.2, 0.25) is 0 Å². The van der Waals surface area contributed by atoms with Crippen molar-refractivity contribution in [2.24, 2.45) is 0 Å². The molecule has 0 N–H and O–H groups in total. The zero-order chi connectivity index (χ0) is 14.7. The maximum absolute atomic E-state index is 12.5. The molecule has 2 aromatic heterocycles. The van der Waals surface area contributed by atoms with E-state index in [2.05, 4.69) is 15.0 Å². The van der Waals surface area contributed by atoms with Gasteiger partial charge in [0.2, 0.25) is 5.88 Å². The van der Waals surface area contributed by atoms with E-state index in [1.54, 1.807) is 24.1 Å². The quantitative estimate of drug-likeness (QED) is 0.866. The first-order chi connectivity index (χ1) is 10.2. The Balaban J connectivity index is 1.66. The Morgan fingerprint density at radius 2 is 2.33 bits per heavy atom. The first-order valence-corrected chi connectivity index (χ1v) is 7.74. The van der Waals surface area contributed by atoms with Gasteiger partial charge in [-0.25, -0.2) is 9.97 Å². The fraction of sp³-hybridized carbons (Fsp3) is 0.429. The normalized spacial score (nSPS) is 18.5. The van der Waals surface area contributed by atoms with E-state index in [1.165, 1.54) is 11.3 Å². The molecule has 3 rings (SSSR count). The van der Waals surface area contributed by atoms with Gasteiger partial charge in [0.05, 0.1) is 23.9 Å². The van der Waals surface area contributed by atoms with Crippen molar-refractivity contribution in [2.75, 3.05) is 13.1 Å². The minimum absolute atomic E-state index is 0.0346. The number of ether oxygens (including phenoxy) is 1. The monoisotopic (exact) mass is 304 g/mol. The van der Waals surface area contributed by atoms with Crippen LogP contribution < -0.4 is 4.74 Å². The first kappa shape index (κ1) is 13.9. The molecule has 21 heavy (non-hydrogen) atoms. The molecule has 0 saturated carbocycles. The van der Waals surface area contributed by atoms with Crippen LogP contribution in [-0.4, -0.2) is 45.0 Å². The third kappa shape index (κ3) is 3.18. The number of rotatable bonds is 3. The van der Waals surface area contributed by atoms with Crippen LogP contribution in [0.4, 0.5) is 0 Å². The average molecular weight is 304 g/mol. The first-order valence-electron chi connectivity index (χ1n) is 6.86. The average Bonchev–Trinajstić information content (AvgIpc) is 2.94. The molecule has 2 aromatic rings. The highest BCUT2D eigenvalue weighted by Crippen LogP contribution is 2.20. The predicted octanol–water partition coefficient (Wildman–Crippen LogP) is 1.93. The molecule has 1 fully saturated rings. The van der Waals surface area contributed by atoms with Crippen molar-refractivity contribution < 1.29 is 9.53 Å². The van der Waals surface area contributed by atoms with E-state index >= 15 is 0 Å². The van der Waals surface area contributed by atoms with Crippen molar-refractivity contribution in [2.45, 2.75) is 25.9 Å². The predicted molar refractivity (Wildman–Crippen MR) is 78.4 cm³/mol. The maximum Gasteiger partial charge on any atom is 0.265 e. The van der Waals surface area contributed by atoms with Gasteiger partial charge in [0.15, 0.2) is 0 Å². The molecule has 0 radical (unpaired) electrons. The molecule has 6 nitrogen and oxygen atoms in total. The van der Waals surface area contributed by atoms with Gasteiger partial charge in [-0.1, -0.05) is 0 Å². The number of hydrogen-bond acceptors (Lipinski definition) is 6. The van der Waals surface area contributed by atoms with Gasteiger partial charge < -0.3 is 9.64 Å². The summed E-state index contributed by atoms with van der Waals surface area (Å²) in [5.41, 5.74) is 2.50. The lowest BCUT2D eigenvalue weighted by atomic mass is 10.1. The fourth-order valence-electron chi connectivity index (χ4n) is 2.39. The van der Waals surface area contributed by atoms with Crippen LogP contribution in [0.15, 0.2) is 24.1 Å². The number of thiazole rings is 1. The molecular formula is C14H16N4O2S. The second-order valence-electron chi connectivity index (χ2n) is 4.94. The van der Waals surface area contributed by atoms with Crippen LogP contribution >= 0.6 is 11.3 Å². The maximum atomic E-state index is 12.5. The van der Waals surface area contributed by atoms with E-state index in [0.29, 0.717) is 12.4 Å². The third-order valence-electron chi connectivity index (χ3n) is 3.43. The second kappa shape index (κ2) is 6.17. The lowest BCUT2D eigenvalue weighted by molar-refractivity contribution is 0.0530. The molecule has 1 aliphatic rings. The highest BCUT2D eigenvalue weighted by molar-refractivity contribution is 7.11. The molecule has 3 heterocycles. The van der Waals surface area contributed by atoms with Gasteiger partial charge in [-0.2, -0.15) is 0 Å². The summed E-state index contributed by atoms with van der Waals surface area (Å²) in [4.78, 5) is 27.3. The Morgan fingerprint density at radius 3 is 3.05 bits per heavy atom. The zero-order valence-electron chi connectivity index (χ0n) is 11.7. The Hall–Kier alpha value is -2.02. The van der Waals surface area contributed by atoms with Crippen molar-refractivity contribution in [3.63, 3.8) is 0 Å². The number of piperidine rings is 1. The van der Waals surface area contributed by atoms with Gasteiger partial charge in [0, 0.05) is 18.9 Å². The van der Waals surface area contributed by atoms with Crippen molar-refractivity contribution in [3.05, 3.63) is 34.7 Å². The zero-order valence-corrected chi connectivity index (χ0v) is 12.5. The van der Waals surface area contributed by atoms with Crippen molar-refractivity contribution in [1.29, 1.82) is 0 Å². The van der Waals surface area contributed by atoms with E-state index in [4.69, 9.17) is 4.74 Å². The molecule has 1 aliphatic heterocycles. The highest BCUT2D eigenvalue weighted by Gasteiger charge is 2.27. The second-order valence-corrected chi connectivity index (χ2v) is 5.80. The molecule has 1 amide bonds. The molecule has 0 bridgehead atoms. The number of carbonyl (C=O) groups excluding carboxylic acids is 1. The fourth-order valence-corrected chi connectivity index (χ4v) is 3.16. The van der Waals surface area contributed by atoms with Gasteiger partial charge in [-0.05, 0) is 19.8 Å². The SMILES string of the molecule is Cc1ncsc1C(=O)N1CCC[C@@H](Oc2cnccn2)C1. The Morgan fingerprint density at radius 1 is 1.43 bits per heavy atom. The lowest BCUT2D eigenvalue weighted by Crippen LogP contribution is -2.44. The van der Waals surface area contributed by atoms with Crippen LogP contribution in [-0.2, 0) is 0 Å². The highest BCUT2D eigenvalue weighted by atomic mass is 32.1. The molecular weight excluding hydrogens is 288 g/mol. The molecule has 0 aliphatic carbocycles. The summed E-state index contributed by atoms with van der Waals surface area (Å²) in [6.45, 7) is 3.20. The summed E-state index contributed by atoms with van der Waals surface area (Å²) in [6, 6.07) is 0. The number of amides is 1. The minimum atomic E-state index is -0.0346. The molecule has 0 spiro atoms. The lowest BCUT2D eigenvalue weighted by Gasteiger charge is -2.32. The van der Waals surface area contributed by atoms with Crippen LogP contribution in [0.3, 0.4) is 0 Å². The smallest absolute Gasteiger partial charge is 0.265 e. The van der Waals surface area contributed by atoms with Crippen molar-refractivity contribution in [1.82, 2.24) is 19.9 Å². The minimum Gasteiger partial charge on any atom is -0.471 e. The summed E-state index contributed by atoms with van der Waals surface area (Å²) >= 11 is 1.39. The molecule has 7 heteroatoms. The standard InChI is InChI=1S/C14H16N4O2S/c1-10-13(21-9-17-10)14(19)18-6-2-3-11(8-18)20-12-7-15-4-5-16-12/h4-5,7,9,11H,2-3,6,8H2,1H3/t11-/m1/s1. The van der Waals surface area contributed by atoms with Crippen molar-refractivity contribution in [3.8, 4) is 5.88 Å². The molecule has 1 saturated heterocycles. The molecule has 0 aromatic carbocycles. The third-order valence-corrected chi connectivity index (χ3v) is 4.35. The van der Waals surface area contributed by atoms with Crippen LogP contribution in [0.5, 0.6) is 5.88 Å². The van der Waals surface area contributed by atoms with E-state index in [1.807, 2.05) is 11.8 Å². The van der Waals surface area contributed by atoms with Crippen LogP contribution in [0, 0.1) is 6.92 Å². The Bertz CT molecular complexity index is 616. The summed E-state index contributed by atoms with van der Waals surface area (Å²) in [5, 5.41) is 0. The van der Waals surface area contributed by atoms with Gasteiger partial charge in [-0.15, -0.1) is 11.3 Å². The van der Waals surface area contributed by atoms with E-state index in [-0.39, 0.29) is 12.0 Å². The van der Waals surface area contributed by atoms with E-state index in [0.717, 1.165) is 30.0 Å². The van der Waals surface area contributed by atoms with E-state index < -0.39 is 0 Å². The van der Waals surface area contributed by atoms with Crippen molar-refractivity contribution >= 4 is 17.2 Å². The van der Waals surface area contributed by atoms with Crippen LogP contribution in [0.1, 0.15) is 28.2 Å². The van der Waals surface area contributed by atoms with Gasteiger partial charge >= 0.3 is 0 Å². The van der Waals surface area contributed by atoms with E-state index in [9.17, 15) is 4.79 Å². The van der Waals surface area contributed by atoms with Gasteiger partial charge in [-0.3, -0.25) is 9.78 Å². The Kier molecular flexibility index (Phi) is 4.10. The topological polar surface area (TPSA) is 68.2 Å². The summed E-state index contributed by atoms with van der Waals surface area (Å²) in [5.74, 6) is 0.549. The number of carbonyl (C=O) groups is 1. The largest absolute Gasteiger partial charge is 0.471 e. The number of nitrogens with zero attached hydrogens (tertiary/aromatic N) is 4. The molecule has 0 unspecified atom stereocenters. The molecule has 110 valence electrons. The summed E-state index contributed by atoms with van der Waals surface area (Å²) in [7, 11) is 0. The number of likely N-dealkylation sites (tertiary alicyclic amines) is 1. The molecule has 1 atom stereocenters. The van der Waals surface area contributed by atoms with Gasteiger partial charge in [0.1, 0.15) is 11.0 Å². The number of hydrogen-bond donors (Lipinski definition) is 0. The van der Waals surface area contributed by atoms with Crippen LogP contribution in [0.25, 0.3) is 0 Å².